The van der Waals surface area contributed by atoms with Gasteiger partial charge >= 0.3 is 0 Å². The first-order valence-corrected chi connectivity index (χ1v) is 9.85. The number of benzene rings is 1. The Morgan fingerprint density at radius 1 is 1.22 bits per heavy atom. The minimum Gasteiger partial charge on any atom is -0.344 e. The molecule has 1 aliphatic rings. The van der Waals surface area contributed by atoms with Crippen LogP contribution < -0.4 is 4.90 Å². The zero-order chi connectivity index (χ0) is 16.3. The van der Waals surface area contributed by atoms with Gasteiger partial charge in [0.15, 0.2) is 5.82 Å². The lowest BCUT2D eigenvalue weighted by Gasteiger charge is -2.44. The fourth-order valence-electron chi connectivity index (χ4n) is 3.90. The van der Waals surface area contributed by atoms with Crippen molar-refractivity contribution in [1.82, 2.24) is 4.37 Å². The SMILES string of the molecule is CCC[C@H](CC)C[N+]1(C)CCN(c2nsc3ccccc23)CC1. The third kappa shape index (κ3) is 3.69. The molecular weight excluding hydrogens is 302 g/mol. The van der Waals surface area contributed by atoms with Crippen LogP contribution in [0.4, 0.5) is 5.82 Å². The van der Waals surface area contributed by atoms with E-state index in [1.807, 2.05) is 0 Å². The van der Waals surface area contributed by atoms with Crippen molar-refractivity contribution in [2.45, 2.75) is 33.1 Å². The molecule has 0 saturated carbocycles. The summed E-state index contributed by atoms with van der Waals surface area (Å²) in [5.41, 5.74) is 0. The lowest BCUT2D eigenvalue weighted by atomic mass is 9.98. The van der Waals surface area contributed by atoms with Gasteiger partial charge in [0, 0.05) is 11.3 Å². The van der Waals surface area contributed by atoms with Crippen LogP contribution in [-0.2, 0) is 0 Å². The molecule has 3 rings (SSSR count). The van der Waals surface area contributed by atoms with Gasteiger partial charge in [-0.05, 0) is 36.5 Å². The standard InChI is InChI=1S/C19H30N3S/c1-4-8-16(5-2)15-22(3)13-11-21(12-14-22)19-17-9-6-7-10-18(17)23-20-19/h6-7,9-10,16H,4-5,8,11-15H2,1-3H3/q+1/t16-/m0/s1. The Morgan fingerprint density at radius 2 is 1.96 bits per heavy atom. The van der Waals surface area contributed by atoms with Gasteiger partial charge in [-0.25, -0.2) is 0 Å². The fraction of sp³-hybridized carbons (Fsp3) is 0.632. The van der Waals surface area contributed by atoms with Crippen LogP contribution in [0.15, 0.2) is 24.3 Å². The van der Waals surface area contributed by atoms with Crippen molar-refractivity contribution in [1.29, 1.82) is 0 Å². The highest BCUT2D eigenvalue weighted by molar-refractivity contribution is 7.13. The Bertz CT molecular complexity index is 628. The van der Waals surface area contributed by atoms with Gasteiger partial charge in [-0.1, -0.05) is 32.4 Å². The van der Waals surface area contributed by atoms with Crippen LogP contribution in [0.5, 0.6) is 0 Å². The molecule has 0 amide bonds. The Labute approximate surface area is 144 Å². The molecule has 3 nitrogen and oxygen atoms in total. The Morgan fingerprint density at radius 3 is 2.65 bits per heavy atom. The summed E-state index contributed by atoms with van der Waals surface area (Å²) in [7, 11) is 2.45. The topological polar surface area (TPSA) is 16.1 Å². The summed E-state index contributed by atoms with van der Waals surface area (Å²) < 4.78 is 7.27. The second-order valence-corrected chi connectivity index (χ2v) is 8.11. The van der Waals surface area contributed by atoms with E-state index >= 15 is 0 Å². The lowest BCUT2D eigenvalue weighted by molar-refractivity contribution is -0.913. The molecule has 1 saturated heterocycles. The number of piperazine rings is 1. The van der Waals surface area contributed by atoms with Gasteiger partial charge < -0.3 is 9.38 Å². The van der Waals surface area contributed by atoms with Gasteiger partial charge in [0.25, 0.3) is 0 Å². The molecule has 1 aromatic carbocycles. The molecule has 0 bridgehead atoms. The van der Waals surface area contributed by atoms with Crippen LogP contribution in [-0.4, -0.2) is 48.6 Å². The molecule has 126 valence electrons. The minimum atomic E-state index is 0.886. The largest absolute Gasteiger partial charge is 0.344 e. The molecule has 4 heteroatoms. The molecule has 0 unspecified atom stereocenters. The summed E-state index contributed by atoms with van der Waals surface area (Å²) in [6.45, 7) is 10.8. The number of aromatic nitrogens is 1. The van der Waals surface area contributed by atoms with E-state index in [0.717, 1.165) is 19.0 Å². The van der Waals surface area contributed by atoms with Crippen LogP contribution in [0.25, 0.3) is 10.1 Å². The number of hydrogen-bond donors (Lipinski definition) is 0. The first-order valence-electron chi connectivity index (χ1n) is 9.08. The third-order valence-electron chi connectivity index (χ3n) is 5.45. The lowest BCUT2D eigenvalue weighted by Crippen LogP contribution is -2.59. The summed E-state index contributed by atoms with van der Waals surface area (Å²) in [4.78, 5) is 2.50. The van der Waals surface area contributed by atoms with E-state index in [4.69, 9.17) is 4.37 Å². The van der Waals surface area contributed by atoms with Crippen LogP contribution in [0.2, 0.25) is 0 Å². The summed E-state index contributed by atoms with van der Waals surface area (Å²) in [5.74, 6) is 2.09. The predicted octanol–water partition coefficient (Wildman–Crippen LogP) is 4.39. The third-order valence-corrected chi connectivity index (χ3v) is 6.27. The van der Waals surface area contributed by atoms with Gasteiger partial charge in [-0.3, -0.25) is 0 Å². The molecule has 1 fully saturated rings. The Balaban J connectivity index is 1.66. The van der Waals surface area contributed by atoms with Crippen LogP contribution in [0, 0.1) is 5.92 Å². The second-order valence-electron chi connectivity index (χ2n) is 7.30. The first kappa shape index (κ1) is 16.7. The molecule has 2 heterocycles. The molecular formula is C19H30N3S+. The number of quaternary nitrogens is 1. The van der Waals surface area contributed by atoms with Crippen molar-refractivity contribution in [3.8, 4) is 0 Å². The highest BCUT2D eigenvalue weighted by Crippen LogP contribution is 2.30. The van der Waals surface area contributed by atoms with E-state index in [0.29, 0.717) is 0 Å². The summed E-state index contributed by atoms with van der Waals surface area (Å²) >= 11 is 1.63. The maximum Gasteiger partial charge on any atom is 0.150 e. The van der Waals surface area contributed by atoms with Gasteiger partial charge in [-0.2, -0.15) is 4.37 Å². The van der Waals surface area contributed by atoms with Crippen molar-refractivity contribution >= 4 is 27.4 Å². The highest BCUT2D eigenvalue weighted by atomic mass is 32.1. The van der Waals surface area contributed by atoms with Gasteiger partial charge in [0.2, 0.25) is 0 Å². The molecule has 23 heavy (non-hydrogen) atoms. The van der Waals surface area contributed by atoms with Crippen LogP contribution >= 0.6 is 11.5 Å². The maximum absolute atomic E-state index is 4.73. The van der Waals surface area contributed by atoms with Crippen molar-refractivity contribution in [3.05, 3.63) is 24.3 Å². The number of hydrogen-bond acceptors (Lipinski definition) is 3. The highest BCUT2D eigenvalue weighted by Gasteiger charge is 2.32. The zero-order valence-corrected chi connectivity index (χ0v) is 15.6. The first-order chi connectivity index (χ1) is 11.1. The summed E-state index contributed by atoms with van der Waals surface area (Å²) in [6.07, 6.45) is 4.02. The number of fused-ring (bicyclic) bond motifs is 1. The van der Waals surface area contributed by atoms with Gasteiger partial charge in [0.05, 0.1) is 44.5 Å². The van der Waals surface area contributed by atoms with Crippen molar-refractivity contribution in [2.24, 2.45) is 5.92 Å². The van der Waals surface area contributed by atoms with Gasteiger partial charge in [0.1, 0.15) is 0 Å². The quantitative estimate of drug-likeness (QED) is 0.729. The zero-order valence-electron chi connectivity index (χ0n) is 14.8. The Kier molecular flexibility index (Phi) is 5.22. The van der Waals surface area contributed by atoms with E-state index in [1.54, 1.807) is 11.5 Å². The van der Waals surface area contributed by atoms with E-state index in [1.165, 1.54) is 59.3 Å². The van der Waals surface area contributed by atoms with E-state index < -0.39 is 0 Å². The van der Waals surface area contributed by atoms with Crippen molar-refractivity contribution < 1.29 is 4.48 Å². The Hall–Kier alpha value is -1.13. The van der Waals surface area contributed by atoms with Gasteiger partial charge in [-0.15, -0.1) is 0 Å². The predicted molar refractivity (Wildman–Crippen MR) is 101 cm³/mol. The van der Waals surface area contributed by atoms with Crippen LogP contribution in [0.1, 0.15) is 33.1 Å². The van der Waals surface area contributed by atoms with Crippen LogP contribution in [0.3, 0.4) is 0 Å². The molecule has 1 aliphatic heterocycles. The minimum absolute atomic E-state index is 0.886. The molecule has 0 radical (unpaired) electrons. The summed E-state index contributed by atoms with van der Waals surface area (Å²) in [5, 5.41) is 1.33. The average Bonchev–Trinajstić information content (AvgIpc) is 2.99. The van der Waals surface area contributed by atoms with Crippen molar-refractivity contribution in [2.75, 3.05) is 44.7 Å². The average molecular weight is 333 g/mol. The molecule has 0 spiro atoms. The van der Waals surface area contributed by atoms with Crippen molar-refractivity contribution in [3.63, 3.8) is 0 Å². The molecule has 2 aromatic rings. The smallest absolute Gasteiger partial charge is 0.150 e. The number of anilines is 1. The molecule has 1 aromatic heterocycles. The molecule has 0 aliphatic carbocycles. The number of rotatable bonds is 6. The fourth-order valence-corrected chi connectivity index (χ4v) is 4.69. The maximum atomic E-state index is 4.73. The van der Waals surface area contributed by atoms with E-state index in [-0.39, 0.29) is 0 Å². The summed E-state index contributed by atoms with van der Waals surface area (Å²) in [6, 6.07) is 8.62. The normalized spacial score (nSPS) is 19.2. The van der Waals surface area contributed by atoms with E-state index in [2.05, 4.69) is 50.1 Å². The molecule has 0 N–H and O–H groups in total. The number of nitrogens with zero attached hydrogens (tertiary/aromatic N) is 3. The second kappa shape index (κ2) is 7.18. The number of likely N-dealkylation sites (N-methyl/N-ethyl adjacent to an activating group) is 1. The van der Waals surface area contributed by atoms with E-state index in [9.17, 15) is 0 Å². The monoisotopic (exact) mass is 332 g/mol. The molecule has 1 atom stereocenters.